The number of rotatable bonds is 3. The number of benzene rings is 1. The highest BCUT2D eigenvalue weighted by atomic mass is 35.5. The highest BCUT2D eigenvalue weighted by Crippen LogP contribution is 2.25. The average Bonchev–Trinajstić information content (AvgIpc) is 2.68. The summed E-state index contributed by atoms with van der Waals surface area (Å²) >= 11 is 6.06. The molecule has 7 nitrogen and oxygen atoms in total. The smallest absolute Gasteiger partial charge is 0.259 e. The van der Waals surface area contributed by atoms with Crippen molar-refractivity contribution >= 4 is 33.1 Å². The van der Waals surface area contributed by atoms with Crippen molar-refractivity contribution in [3.05, 3.63) is 70.1 Å². The van der Waals surface area contributed by atoms with Crippen LogP contribution in [0.4, 0.5) is 5.82 Å². The molecular formula is C18H17ClN4O3S. The number of hydrogen-bond donors (Lipinski definition) is 0. The maximum atomic E-state index is 12.8. The Labute approximate surface area is 161 Å². The lowest BCUT2D eigenvalue weighted by Gasteiger charge is -2.34. The van der Waals surface area contributed by atoms with Crippen molar-refractivity contribution in [2.75, 3.05) is 31.1 Å². The molecule has 1 aromatic carbocycles. The minimum atomic E-state index is -3.65. The summed E-state index contributed by atoms with van der Waals surface area (Å²) in [6.07, 6.45) is 1.67. The second-order valence-corrected chi connectivity index (χ2v) is 8.52. The Bertz CT molecular complexity index is 1150. The number of nitrogens with zero attached hydrogens (tertiary/aromatic N) is 4. The van der Waals surface area contributed by atoms with Crippen molar-refractivity contribution in [2.24, 2.45) is 0 Å². The summed E-state index contributed by atoms with van der Waals surface area (Å²) in [7, 11) is -3.65. The second-order valence-electron chi connectivity index (χ2n) is 6.20. The number of sulfonamides is 1. The molecule has 140 valence electrons. The van der Waals surface area contributed by atoms with Gasteiger partial charge in [-0.3, -0.25) is 9.20 Å². The summed E-state index contributed by atoms with van der Waals surface area (Å²) in [6.45, 7) is 1.48. The van der Waals surface area contributed by atoms with Crippen LogP contribution in [0, 0.1) is 0 Å². The summed E-state index contributed by atoms with van der Waals surface area (Å²) in [5.74, 6) is 0.556. The van der Waals surface area contributed by atoms with Gasteiger partial charge < -0.3 is 4.90 Å². The molecule has 1 aliphatic heterocycles. The van der Waals surface area contributed by atoms with Crippen LogP contribution in [0.5, 0.6) is 0 Å². The summed E-state index contributed by atoms with van der Waals surface area (Å²) in [4.78, 5) is 18.8. The number of fused-ring (bicyclic) bond motifs is 1. The standard InChI is InChI=1S/C18H17ClN4O3S/c19-14-5-1-2-6-15(14)27(25,26)22-11-9-21(10-12-22)17-13-18(24)23-8-4-3-7-16(23)20-17/h1-8,13H,9-12H2. The molecule has 0 unspecified atom stereocenters. The van der Waals surface area contributed by atoms with Gasteiger partial charge in [0.25, 0.3) is 5.56 Å². The Morgan fingerprint density at radius 3 is 2.41 bits per heavy atom. The first kappa shape index (κ1) is 18.0. The summed E-state index contributed by atoms with van der Waals surface area (Å²) in [6, 6.07) is 13.3. The molecule has 3 aromatic rings. The molecule has 9 heteroatoms. The van der Waals surface area contributed by atoms with Gasteiger partial charge in [-0.15, -0.1) is 0 Å². The summed E-state index contributed by atoms with van der Waals surface area (Å²) in [5.41, 5.74) is 0.396. The first-order valence-corrected chi connectivity index (χ1v) is 10.3. The van der Waals surface area contributed by atoms with Crippen molar-refractivity contribution in [3.63, 3.8) is 0 Å². The molecule has 0 atom stereocenters. The van der Waals surface area contributed by atoms with E-state index in [9.17, 15) is 13.2 Å². The van der Waals surface area contributed by atoms with Crippen LogP contribution in [-0.4, -0.2) is 48.3 Å². The normalized spacial score (nSPS) is 16.0. The molecule has 0 bridgehead atoms. The topological polar surface area (TPSA) is 75.0 Å². The lowest BCUT2D eigenvalue weighted by molar-refractivity contribution is 0.384. The number of hydrogen-bond acceptors (Lipinski definition) is 5. The van der Waals surface area contributed by atoms with E-state index in [1.165, 1.54) is 20.8 Å². The Morgan fingerprint density at radius 1 is 0.963 bits per heavy atom. The number of halogens is 1. The van der Waals surface area contributed by atoms with Crippen molar-refractivity contribution in [2.45, 2.75) is 4.90 Å². The summed E-state index contributed by atoms with van der Waals surface area (Å²) < 4.78 is 28.6. The Balaban J connectivity index is 1.56. The lowest BCUT2D eigenvalue weighted by Crippen LogP contribution is -2.49. The van der Waals surface area contributed by atoms with E-state index in [0.29, 0.717) is 37.6 Å². The van der Waals surface area contributed by atoms with Gasteiger partial charge in [-0.25, -0.2) is 13.4 Å². The maximum Gasteiger partial charge on any atom is 0.259 e. The van der Waals surface area contributed by atoms with Crippen LogP contribution in [0.15, 0.2) is 64.4 Å². The van der Waals surface area contributed by atoms with E-state index >= 15 is 0 Å². The van der Waals surface area contributed by atoms with Gasteiger partial charge in [-0.2, -0.15) is 4.31 Å². The lowest BCUT2D eigenvalue weighted by atomic mass is 10.3. The third-order valence-corrected chi connectivity index (χ3v) is 6.97. The number of anilines is 1. The minimum absolute atomic E-state index is 0.113. The van der Waals surface area contributed by atoms with Crippen LogP contribution in [0.25, 0.3) is 5.65 Å². The number of piperazine rings is 1. The molecule has 1 fully saturated rings. The first-order valence-electron chi connectivity index (χ1n) is 8.45. The molecule has 0 amide bonds. The monoisotopic (exact) mass is 404 g/mol. The second kappa shape index (κ2) is 6.95. The van der Waals surface area contributed by atoms with Crippen LogP contribution in [0.3, 0.4) is 0 Å². The number of pyridine rings is 1. The molecule has 1 aliphatic rings. The van der Waals surface area contributed by atoms with Crippen molar-refractivity contribution in [1.82, 2.24) is 13.7 Å². The SMILES string of the molecule is O=c1cc(N2CCN(S(=O)(=O)c3ccccc3Cl)CC2)nc2ccccn12. The molecule has 0 spiro atoms. The van der Waals surface area contributed by atoms with E-state index in [1.54, 1.807) is 36.5 Å². The summed E-state index contributed by atoms with van der Waals surface area (Å²) in [5, 5.41) is 0.212. The van der Waals surface area contributed by atoms with E-state index in [2.05, 4.69) is 4.98 Å². The molecule has 0 radical (unpaired) electrons. The van der Waals surface area contributed by atoms with Crippen LogP contribution >= 0.6 is 11.6 Å². The molecule has 27 heavy (non-hydrogen) atoms. The molecule has 0 aliphatic carbocycles. The Kier molecular flexibility index (Phi) is 4.63. The van der Waals surface area contributed by atoms with E-state index < -0.39 is 10.0 Å². The Hall–Kier alpha value is -2.42. The van der Waals surface area contributed by atoms with Gasteiger partial charge in [-0.05, 0) is 24.3 Å². The molecule has 0 N–H and O–H groups in total. The fourth-order valence-electron chi connectivity index (χ4n) is 3.15. The fourth-order valence-corrected chi connectivity index (χ4v) is 5.07. The van der Waals surface area contributed by atoms with Crippen LogP contribution in [0.2, 0.25) is 5.02 Å². The third-order valence-electron chi connectivity index (χ3n) is 4.57. The van der Waals surface area contributed by atoms with Crippen molar-refractivity contribution < 1.29 is 8.42 Å². The molecule has 0 saturated carbocycles. The van der Waals surface area contributed by atoms with E-state index in [4.69, 9.17) is 11.6 Å². The van der Waals surface area contributed by atoms with Gasteiger partial charge in [0.05, 0.1) is 5.02 Å². The zero-order valence-corrected chi connectivity index (χ0v) is 15.9. The molecule has 1 saturated heterocycles. The minimum Gasteiger partial charge on any atom is -0.354 e. The fraction of sp³-hybridized carbons (Fsp3) is 0.222. The predicted molar refractivity (Wildman–Crippen MR) is 104 cm³/mol. The molecule has 4 rings (SSSR count). The first-order chi connectivity index (χ1) is 13.0. The quantitative estimate of drug-likeness (QED) is 0.666. The van der Waals surface area contributed by atoms with Gasteiger partial charge in [0.1, 0.15) is 16.4 Å². The predicted octanol–water partition coefficient (Wildman–Crippen LogP) is 1.86. The van der Waals surface area contributed by atoms with Gasteiger partial charge >= 0.3 is 0 Å². The highest BCUT2D eigenvalue weighted by Gasteiger charge is 2.30. The zero-order valence-electron chi connectivity index (χ0n) is 14.3. The highest BCUT2D eigenvalue weighted by molar-refractivity contribution is 7.89. The molecular weight excluding hydrogens is 388 g/mol. The number of aromatic nitrogens is 2. The third kappa shape index (κ3) is 3.31. The zero-order chi connectivity index (χ0) is 19.0. The van der Waals surface area contributed by atoms with Gasteiger partial charge in [0.15, 0.2) is 0 Å². The largest absolute Gasteiger partial charge is 0.354 e. The van der Waals surface area contributed by atoms with Gasteiger partial charge in [0.2, 0.25) is 10.0 Å². The molecule has 3 heterocycles. The van der Waals surface area contributed by atoms with Crippen LogP contribution in [0.1, 0.15) is 0 Å². The average molecular weight is 405 g/mol. The Morgan fingerprint density at radius 2 is 1.67 bits per heavy atom. The van der Waals surface area contributed by atoms with Crippen LogP contribution in [-0.2, 0) is 10.0 Å². The van der Waals surface area contributed by atoms with E-state index in [0.717, 1.165) is 0 Å². The van der Waals surface area contributed by atoms with Crippen molar-refractivity contribution in [3.8, 4) is 0 Å². The van der Waals surface area contributed by atoms with Crippen molar-refractivity contribution in [1.29, 1.82) is 0 Å². The van der Waals surface area contributed by atoms with Gasteiger partial charge in [0, 0.05) is 38.4 Å². The van der Waals surface area contributed by atoms with E-state index in [-0.39, 0.29) is 15.5 Å². The van der Waals surface area contributed by atoms with Crippen LogP contribution < -0.4 is 10.5 Å². The van der Waals surface area contributed by atoms with Gasteiger partial charge in [-0.1, -0.05) is 29.8 Å². The van der Waals surface area contributed by atoms with E-state index in [1.807, 2.05) is 11.0 Å². The molecule has 2 aromatic heterocycles. The maximum absolute atomic E-state index is 12.8.